The maximum atomic E-state index is 12.5. The van der Waals surface area contributed by atoms with Crippen molar-refractivity contribution < 1.29 is 4.79 Å². The van der Waals surface area contributed by atoms with Gasteiger partial charge < -0.3 is 15.1 Å². The van der Waals surface area contributed by atoms with E-state index in [1.807, 2.05) is 23.7 Å². The van der Waals surface area contributed by atoms with E-state index >= 15 is 0 Å². The molecular formula is C21H34N4OS. The van der Waals surface area contributed by atoms with Crippen molar-refractivity contribution in [3.8, 4) is 0 Å². The first-order chi connectivity index (χ1) is 13.1. The minimum atomic E-state index is 0.0439. The quantitative estimate of drug-likeness (QED) is 0.811. The first-order valence-electron chi connectivity index (χ1n) is 10.1. The summed E-state index contributed by atoms with van der Waals surface area (Å²) in [5.41, 5.74) is 2.51. The lowest BCUT2D eigenvalue weighted by atomic mass is 10.1. The highest BCUT2D eigenvalue weighted by atomic mass is 32.2. The van der Waals surface area contributed by atoms with Crippen molar-refractivity contribution in [2.45, 2.75) is 43.6 Å². The molecule has 5 nitrogen and oxygen atoms in total. The number of urea groups is 1. The molecule has 2 atom stereocenters. The predicted molar refractivity (Wildman–Crippen MR) is 114 cm³/mol. The van der Waals surface area contributed by atoms with Crippen molar-refractivity contribution >= 4 is 17.8 Å². The minimum absolute atomic E-state index is 0.0439. The van der Waals surface area contributed by atoms with E-state index in [4.69, 9.17) is 0 Å². The van der Waals surface area contributed by atoms with Gasteiger partial charge in [-0.2, -0.15) is 11.8 Å². The fraction of sp³-hybridized carbons (Fsp3) is 0.667. The van der Waals surface area contributed by atoms with Gasteiger partial charge in [0.25, 0.3) is 0 Å². The lowest BCUT2D eigenvalue weighted by molar-refractivity contribution is 0.148. The zero-order valence-corrected chi connectivity index (χ0v) is 17.8. The lowest BCUT2D eigenvalue weighted by Gasteiger charge is -2.32. The van der Waals surface area contributed by atoms with E-state index in [1.54, 1.807) is 0 Å². The molecule has 6 heteroatoms. The fourth-order valence-corrected chi connectivity index (χ4v) is 5.14. The van der Waals surface area contributed by atoms with Crippen LogP contribution in [-0.4, -0.2) is 78.6 Å². The largest absolute Gasteiger partial charge is 0.334 e. The second-order valence-corrected chi connectivity index (χ2v) is 9.01. The minimum Gasteiger partial charge on any atom is -0.334 e. The third-order valence-electron chi connectivity index (χ3n) is 6.01. The zero-order chi connectivity index (χ0) is 19.2. The Morgan fingerprint density at radius 1 is 1.15 bits per heavy atom. The van der Waals surface area contributed by atoms with Gasteiger partial charge in [0.1, 0.15) is 0 Å². The number of carbonyl (C=O) groups is 1. The molecule has 1 heterocycles. The fourth-order valence-electron chi connectivity index (χ4n) is 4.10. The highest BCUT2D eigenvalue weighted by Crippen LogP contribution is 2.31. The van der Waals surface area contributed by atoms with Gasteiger partial charge in [0.2, 0.25) is 0 Å². The van der Waals surface area contributed by atoms with Gasteiger partial charge >= 0.3 is 6.03 Å². The summed E-state index contributed by atoms with van der Waals surface area (Å²) in [5.74, 6) is 0. The summed E-state index contributed by atoms with van der Waals surface area (Å²) < 4.78 is 0. The number of piperazine rings is 1. The molecule has 2 fully saturated rings. The number of nitrogens with zero attached hydrogens (tertiary/aromatic N) is 3. The Balaban J connectivity index is 1.45. The SMILES string of the molecule is CS[C@@H]1CCC[C@@H]1N(C)C(=O)NCc1ccc(CN2CCN(C)CC2)cc1. The van der Waals surface area contributed by atoms with Crippen LogP contribution in [0.5, 0.6) is 0 Å². The van der Waals surface area contributed by atoms with Crippen LogP contribution in [0.4, 0.5) is 4.79 Å². The highest BCUT2D eigenvalue weighted by molar-refractivity contribution is 7.99. The Kier molecular flexibility index (Phi) is 7.44. The number of rotatable bonds is 6. The molecule has 1 N–H and O–H groups in total. The van der Waals surface area contributed by atoms with Crippen LogP contribution in [0, 0.1) is 0 Å². The maximum Gasteiger partial charge on any atom is 0.317 e. The topological polar surface area (TPSA) is 38.8 Å². The molecule has 1 saturated carbocycles. The average molecular weight is 391 g/mol. The summed E-state index contributed by atoms with van der Waals surface area (Å²) in [7, 11) is 4.12. The van der Waals surface area contributed by atoms with Crippen LogP contribution in [0.2, 0.25) is 0 Å². The van der Waals surface area contributed by atoms with Gasteiger partial charge in [-0.05, 0) is 37.3 Å². The molecule has 2 aliphatic rings. The van der Waals surface area contributed by atoms with Gasteiger partial charge in [-0.25, -0.2) is 4.79 Å². The van der Waals surface area contributed by atoms with E-state index in [0.717, 1.165) is 44.7 Å². The normalized spacial score (nSPS) is 24.1. The number of benzene rings is 1. The summed E-state index contributed by atoms with van der Waals surface area (Å²) in [6, 6.07) is 9.10. The van der Waals surface area contributed by atoms with Crippen molar-refractivity contribution in [1.29, 1.82) is 0 Å². The van der Waals surface area contributed by atoms with Crippen molar-refractivity contribution in [1.82, 2.24) is 20.0 Å². The number of amides is 2. The number of thioether (sulfide) groups is 1. The van der Waals surface area contributed by atoms with Crippen LogP contribution < -0.4 is 5.32 Å². The van der Waals surface area contributed by atoms with E-state index in [9.17, 15) is 4.79 Å². The Morgan fingerprint density at radius 3 is 2.48 bits per heavy atom. The molecule has 150 valence electrons. The molecule has 0 aromatic heterocycles. The number of nitrogens with one attached hydrogen (secondary N) is 1. The van der Waals surface area contributed by atoms with Crippen LogP contribution in [0.3, 0.4) is 0 Å². The lowest BCUT2D eigenvalue weighted by Crippen LogP contribution is -2.45. The molecule has 1 aliphatic heterocycles. The molecule has 2 amide bonds. The van der Waals surface area contributed by atoms with Crippen molar-refractivity contribution in [3.63, 3.8) is 0 Å². The molecule has 1 aliphatic carbocycles. The number of carbonyl (C=O) groups excluding carboxylic acids is 1. The number of hydrogen-bond donors (Lipinski definition) is 1. The van der Waals surface area contributed by atoms with E-state index in [0.29, 0.717) is 17.8 Å². The molecule has 1 aromatic carbocycles. The molecule has 3 rings (SSSR count). The van der Waals surface area contributed by atoms with Gasteiger partial charge in [-0.1, -0.05) is 30.7 Å². The Hall–Kier alpha value is -1.24. The molecule has 0 radical (unpaired) electrons. The van der Waals surface area contributed by atoms with Crippen molar-refractivity contribution in [2.75, 3.05) is 46.5 Å². The molecular weight excluding hydrogens is 356 g/mol. The summed E-state index contributed by atoms with van der Waals surface area (Å²) in [6.07, 6.45) is 5.72. The molecule has 1 aromatic rings. The second kappa shape index (κ2) is 9.80. The van der Waals surface area contributed by atoms with Crippen molar-refractivity contribution in [3.05, 3.63) is 35.4 Å². The first kappa shape index (κ1) is 20.5. The smallest absolute Gasteiger partial charge is 0.317 e. The monoisotopic (exact) mass is 390 g/mol. The van der Waals surface area contributed by atoms with E-state index < -0.39 is 0 Å². The molecule has 0 bridgehead atoms. The van der Waals surface area contributed by atoms with E-state index in [2.05, 4.69) is 52.7 Å². The Bertz CT molecular complexity index is 601. The number of likely N-dealkylation sites (N-methyl/N-ethyl adjacent to an activating group) is 1. The highest BCUT2D eigenvalue weighted by Gasteiger charge is 2.31. The van der Waals surface area contributed by atoms with Crippen LogP contribution in [0.15, 0.2) is 24.3 Å². The molecule has 0 spiro atoms. The molecule has 27 heavy (non-hydrogen) atoms. The van der Waals surface area contributed by atoms with Gasteiger partial charge in [-0.15, -0.1) is 0 Å². The summed E-state index contributed by atoms with van der Waals surface area (Å²) in [5, 5.41) is 3.67. The zero-order valence-electron chi connectivity index (χ0n) is 17.0. The van der Waals surface area contributed by atoms with Gasteiger partial charge in [-0.3, -0.25) is 4.90 Å². The standard InChI is InChI=1S/C21H34N4OS/c1-23-11-13-25(14-12-23)16-18-9-7-17(8-10-18)15-22-21(26)24(2)19-5-4-6-20(19)27-3/h7-10,19-20H,4-6,11-16H2,1-3H3,(H,22,26)/t19-,20+/m0/s1. The van der Waals surface area contributed by atoms with Crippen molar-refractivity contribution in [2.24, 2.45) is 0 Å². The van der Waals surface area contributed by atoms with Crippen LogP contribution >= 0.6 is 11.8 Å². The molecule has 0 unspecified atom stereocenters. The third-order valence-corrected chi connectivity index (χ3v) is 7.16. The van der Waals surface area contributed by atoms with Crippen LogP contribution in [0.1, 0.15) is 30.4 Å². The number of hydrogen-bond acceptors (Lipinski definition) is 4. The van der Waals surface area contributed by atoms with E-state index in [1.165, 1.54) is 18.4 Å². The Labute approximate surface area is 168 Å². The van der Waals surface area contributed by atoms with Crippen LogP contribution in [-0.2, 0) is 13.1 Å². The average Bonchev–Trinajstić information content (AvgIpc) is 3.17. The van der Waals surface area contributed by atoms with Gasteiger partial charge in [0.05, 0.1) is 0 Å². The van der Waals surface area contributed by atoms with Crippen LogP contribution in [0.25, 0.3) is 0 Å². The first-order valence-corrected chi connectivity index (χ1v) is 11.4. The summed E-state index contributed by atoms with van der Waals surface area (Å²) >= 11 is 1.89. The summed E-state index contributed by atoms with van der Waals surface area (Å²) in [4.78, 5) is 19.3. The third kappa shape index (κ3) is 5.62. The predicted octanol–water partition coefficient (Wildman–Crippen LogP) is 2.86. The second-order valence-electron chi connectivity index (χ2n) is 7.94. The van der Waals surface area contributed by atoms with Gasteiger partial charge in [0, 0.05) is 57.6 Å². The summed E-state index contributed by atoms with van der Waals surface area (Å²) in [6.45, 7) is 6.18. The van der Waals surface area contributed by atoms with Gasteiger partial charge in [0.15, 0.2) is 0 Å². The maximum absolute atomic E-state index is 12.5. The van der Waals surface area contributed by atoms with E-state index in [-0.39, 0.29) is 6.03 Å². The molecule has 1 saturated heterocycles. The Morgan fingerprint density at radius 2 is 1.81 bits per heavy atom.